The number of rotatable bonds is 1. The third kappa shape index (κ3) is 3.91. The smallest absolute Gasteiger partial charge is 0.247 e. The van der Waals surface area contributed by atoms with Crippen molar-refractivity contribution in [1.82, 2.24) is 0 Å². The lowest BCUT2D eigenvalue weighted by molar-refractivity contribution is 0.588. The van der Waals surface area contributed by atoms with Crippen LogP contribution in [0.1, 0.15) is 77.6 Å². The number of fused-ring (bicyclic) bond motifs is 7. The van der Waals surface area contributed by atoms with Crippen LogP contribution in [0, 0.1) is 0 Å². The van der Waals surface area contributed by atoms with Crippen LogP contribution < -0.4 is 21.3 Å². The molecule has 0 bridgehead atoms. The van der Waals surface area contributed by atoms with E-state index < -0.39 is 0 Å². The van der Waals surface area contributed by atoms with E-state index in [-0.39, 0.29) is 23.0 Å². The second-order valence-corrected chi connectivity index (χ2v) is 16.6. The summed E-state index contributed by atoms with van der Waals surface area (Å²) in [6, 6.07) is 37.6. The Morgan fingerprint density at radius 3 is 2.02 bits per heavy atom. The van der Waals surface area contributed by atoms with E-state index in [9.17, 15) is 0 Å². The van der Waals surface area contributed by atoms with E-state index in [4.69, 9.17) is 0 Å². The van der Waals surface area contributed by atoms with Crippen molar-refractivity contribution in [2.75, 3.05) is 4.90 Å². The predicted octanol–water partition coefficient (Wildman–Crippen LogP) is 9.59. The van der Waals surface area contributed by atoms with Gasteiger partial charge in [-0.2, -0.15) is 0 Å². The Hall–Kier alpha value is -3.82. The van der Waals surface area contributed by atoms with Gasteiger partial charge in [0.25, 0.3) is 0 Å². The number of thiophene rings is 1. The van der Waals surface area contributed by atoms with Crippen molar-refractivity contribution < 1.29 is 0 Å². The molecule has 0 amide bonds. The van der Waals surface area contributed by atoms with Crippen LogP contribution in [0.3, 0.4) is 0 Å². The molecule has 1 nitrogen and oxygen atoms in total. The Bertz CT molecular complexity index is 2120. The zero-order valence-electron chi connectivity index (χ0n) is 27.2. The summed E-state index contributed by atoms with van der Waals surface area (Å²) in [5, 5.41) is 2.69. The first-order valence-electron chi connectivity index (χ1n) is 16.0. The molecule has 3 heteroatoms. The largest absolute Gasteiger partial charge is 0.311 e. The standard InChI is InChI=1S/C41H40BNS/c1-39(2,3)25-16-19-27(20-17-25)43-34-14-11-13-31-38(34)42(32-22-26(40(4,5)6)18-21-30(32)41(31,7)8)33-24-37-29(23-35(33)43)28-12-9-10-15-36(28)44-37/h9-24H,1-8H3. The summed E-state index contributed by atoms with van der Waals surface area (Å²) >= 11 is 1.92. The maximum atomic E-state index is 2.55. The minimum absolute atomic E-state index is 0.0761. The van der Waals surface area contributed by atoms with Gasteiger partial charge in [0.1, 0.15) is 0 Å². The third-order valence-electron chi connectivity index (χ3n) is 10.3. The molecule has 0 aliphatic carbocycles. The molecule has 8 rings (SSSR count). The lowest BCUT2D eigenvalue weighted by Gasteiger charge is -2.45. The van der Waals surface area contributed by atoms with Crippen molar-refractivity contribution in [2.24, 2.45) is 0 Å². The van der Waals surface area contributed by atoms with Gasteiger partial charge in [0, 0.05) is 42.6 Å². The van der Waals surface area contributed by atoms with Crippen molar-refractivity contribution in [1.29, 1.82) is 0 Å². The fourth-order valence-electron chi connectivity index (χ4n) is 7.78. The van der Waals surface area contributed by atoms with Crippen LogP contribution in [-0.2, 0) is 16.2 Å². The van der Waals surface area contributed by atoms with Crippen LogP contribution in [0.15, 0.2) is 97.1 Å². The molecule has 1 aromatic heterocycles. The molecular weight excluding hydrogens is 549 g/mol. The SMILES string of the molecule is CC(C)(C)c1ccc(N2c3cc4c(cc3B3c5cc(C(C)(C)C)ccc5C(C)(C)c5cccc2c53)sc2ccccc24)cc1. The van der Waals surface area contributed by atoms with Crippen molar-refractivity contribution in [2.45, 2.75) is 71.6 Å². The molecule has 6 aromatic rings. The number of hydrogen-bond acceptors (Lipinski definition) is 2. The second-order valence-electron chi connectivity index (χ2n) is 15.5. The molecule has 2 aliphatic heterocycles. The lowest BCUT2D eigenvalue weighted by atomic mass is 9.30. The molecule has 5 aromatic carbocycles. The van der Waals surface area contributed by atoms with Gasteiger partial charge in [-0.3, -0.25) is 0 Å². The van der Waals surface area contributed by atoms with Gasteiger partial charge in [-0.1, -0.05) is 122 Å². The van der Waals surface area contributed by atoms with E-state index in [0.717, 1.165) is 0 Å². The molecule has 0 saturated carbocycles. The molecule has 0 saturated heterocycles. The van der Waals surface area contributed by atoms with Crippen molar-refractivity contribution in [3.05, 3.63) is 119 Å². The van der Waals surface area contributed by atoms with E-state index >= 15 is 0 Å². The molecule has 3 heterocycles. The Kier molecular flexibility index (Phi) is 5.74. The van der Waals surface area contributed by atoms with Gasteiger partial charge in [0.05, 0.1) is 0 Å². The van der Waals surface area contributed by atoms with Crippen LogP contribution in [0.4, 0.5) is 17.1 Å². The molecule has 0 fully saturated rings. The van der Waals surface area contributed by atoms with Crippen LogP contribution in [0.25, 0.3) is 20.2 Å². The number of benzene rings is 5. The molecular formula is C41H40BNS. The van der Waals surface area contributed by atoms with Crippen LogP contribution in [-0.4, -0.2) is 6.71 Å². The van der Waals surface area contributed by atoms with Gasteiger partial charge in [-0.25, -0.2) is 0 Å². The lowest BCUT2D eigenvalue weighted by Crippen LogP contribution is -2.64. The first-order valence-corrected chi connectivity index (χ1v) is 16.8. The maximum Gasteiger partial charge on any atom is 0.247 e. The van der Waals surface area contributed by atoms with Crippen LogP contribution in [0.5, 0.6) is 0 Å². The summed E-state index contributed by atoms with van der Waals surface area (Å²) in [6.45, 7) is 18.9. The highest BCUT2D eigenvalue weighted by Crippen LogP contribution is 2.45. The monoisotopic (exact) mass is 589 g/mol. The Morgan fingerprint density at radius 2 is 1.30 bits per heavy atom. The minimum Gasteiger partial charge on any atom is -0.311 e. The number of hydrogen-bond donors (Lipinski definition) is 0. The van der Waals surface area contributed by atoms with Gasteiger partial charge in [-0.15, -0.1) is 11.3 Å². The Labute approximate surface area is 266 Å². The molecule has 0 N–H and O–H groups in total. The minimum atomic E-state index is -0.103. The van der Waals surface area contributed by atoms with E-state index in [1.54, 1.807) is 0 Å². The number of nitrogens with zero attached hydrogens (tertiary/aromatic N) is 1. The van der Waals surface area contributed by atoms with Gasteiger partial charge in [0.15, 0.2) is 0 Å². The van der Waals surface area contributed by atoms with Crippen LogP contribution >= 0.6 is 11.3 Å². The average molecular weight is 590 g/mol. The molecule has 218 valence electrons. The fraction of sp³-hybridized carbons (Fsp3) is 0.268. The fourth-order valence-corrected chi connectivity index (χ4v) is 8.91. The first-order chi connectivity index (χ1) is 20.8. The zero-order chi connectivity index (χ0) is 30.8. The highest BCUT2D eigenvalue weighted by Gasteiger charge is 2.46. The first kappa shape index (κ1) is 27.7. The summed E-state index contributed by atoms with van der Waals surface area (Å²) < 4.78 is 2.72. The van der Waals surface area contributed by atoms with Gasteiger partial charge in [0.2, 0.25) is 6.71 Å². The molecule has 0 radical (unpaired) electrons. The summed E-state index contributed by atoms with van der Waals surface area (Å²) in [5.41, 5.74) is 13.9. The summed E-state index contributed by atoms with van der Waals surface area (Å²) in [4.78, 5) is 2.55. The summed E-state index contributed by atoms with van der Waals surface area (Å²) in [7, 11) is 0. The molecule has 2 aliphatic rings. The Balaban J connectivity index is 1.48. The van der Waals surface area contributed by atoms with E-state index in [0.29, 0.717) is 0 Å². The molecule has 0 atom stereocenters. The summed E-state index contributed by atoms with van der Waals surface area (Å²) in [5.74, 6) is 0. The third-order valence-corrected chi connectivity index (χ3v) is 11.4. The second kappa shape index (κ2) is 9.11. The summed E-state index contributed by atoms with van der Waals surface area (Å²) in [6.07, 6.45) is 0. The van der Waals surface area contributed by atoms with Crippen molar-refractivity contribution in [3.8, 4) is 0 Å². The number of anilines is 3. The zero-order valence-corrected chi connectivity index (χ0v) is 28.0. The van der Waals surface area contributed by atoms with Gasteiger partial charge >= 0.3 is 0 Å². The highest BCUT2D eigenvalue weighted by atomic mass is 32.1. The van der Waals surface area contributed by atoms with Crippen LogP contribution in [0.2, 0.25) is 0 Å². The predicted molar refractivity (Wildman–Crippen MR) is 195 cm³/mol. The highest BCUT2D eigenvalue weighted by molar-refractivity contribution is 7.26. The van der Waals surface area contributed by atoms with E-state index in [1.165, 1.54) is 75.9 Å². The quantitative estimate of drug-likeness (QED) is 0.172. The maximum absolute atomic E-state index is 2.55. The van der Waals surface area contributed by atoms with E-state index in [2.05, 4.69) is 157 Å². The average Bonchev–Trinajstić information content (AvgIpc) is 3.34. The Morgan fingerprint density at radius 1 is 0.591 bits per heavy atom. The van der Waals surface area contributed by atoms with Gasteiger partial charge in [-0.05, 0) is 80.4 Å². The molecule has 0 spiro atoms. The molecule has 0 unspecified atom stereocenters. The van der Waals surface area contributed by atoms with Crippen molar-refractivity contribution in [3.63, 3.8) is 0 Å². The topological polar surface area (TPSA) is 3.24 Å². The van der Waals surface area contributed by atoms with Crippen molar-refractivity contribution >= 4 is 71.7 Å². The molecule has 44 heavy (non-hydrogen) atoms. The van der Waals surface area contributed by atoms with Gasteiger partial charge < -0.3 is 4.90 Å². The van der Waals surface area contributed by atoms with E-state index in [1.807, 2.05) is 11.3 Å². The normalized spacial score (nSPS) is 15.4.